The van der Waals surface area contributed by atoms with Crippen LogP contribution in [-0.4, -0.2) is 0 Å². The molecule has 0 unspecified atom stereocenters. The largest absolute Gasteiger partial charge is 4.00 e. The number of rotatable bonds is 2. The Morgan fingerprint density at radius 3 is 1.20 bits per heavy atom. The Bertz CT molecular complexity index is 664. The van der Waals surface area contributed by atoms with Gasteiger partial charge in [0.1, 0.15) is 0 Å². The van der Waals surface area contributed by atoms with Gasteiger partial charge in [0.25, 0.3) is 0 Å². The summed E-state index contributed by atoms with van der Waals surface area (Å²) in [6, 6.07) is 20.7. The second-order valence-electron chi connectivity index (χ2n) is 5.13. The predicted molar refractivity (Wildman–Crippen MR) is 93.7 cm³/mol. The minimum atomic E-state index is 0. The molecule has 0 atom stereocenters. The van der Waals surface area contributed by atoms with Crippen molar-refractivity contribution in [2.75, 3.05) is 0 Å². The molecule has 2 aromatic rings. The summed E-state index contributed by atoms with van der Waals surface area (Å²) in [5.74, 6) is 0. The van der Waals surface area contributed by atoms with E-state index >= 15 is 0 Å². The van der Waals surface area contributed by atoms with Crippen molar-refractivity contribution in [1.29, 1.82) is 0 Å². The van der Waals surface area contributed by atoms with E-state index in [1.54, 1.807) is 0 Å². The Kier molecular flexibility index (Phi) is 12.5. The second kappa shape index (κ2) is 13.1. The number of hydrogen-bond donors (Lipinski definition) is 0. The van der Waals surface area contributed by atoms with Crippen molar-refractivity contribution in [2.24, 2.45) is 0 Å². The molecule has 0 spiro atoms. The van der Waals surface area contributed by atoms with Crippen LogP contribution in [0.5, 0.6) is 0 Å². The molecule has 0 aliphatic heterocycles. The molecule has 0 amide bonds. The number of halogens is 2. The molecule has 0 fully saturated rings. The van der Waals surface area contributed by atoms with Gasteiger partial charge in [-0.25, -0.2) is 0 Å². The molecule has 3 heteroatoms. The van der Waals surface area contributed by atoms with Crippen LogP contribution in [0.25, 0.3) is 11.1 Å². The van der Waals surface area contributed by atoms with Crippen molar-refractivity contribution in [1.82, 2.24) is 0 Å². The first-order valence-corrected chi connectivity index (χ1v) is 7.59. The van der Waals surface area contributed by atoms with E-state index in [0.29, 0.717) is 0 Å². The summed E-state index contributed by atoms with van der Waals surface area (Å²) >= 11 is 0. The Morgan fingerprint density at radius 1 is 0.560 bits per heavy atom. The van der Waals surface area contributed by atoms with E-state index in [2.05, 4.69) is 85.0 Å². The van der Waals surface area contributed by atoms with Crippen LogP contribution >= 0.6 is 0 Å². The monoisotopic (exact) mass is 442 g/mol. The minimum absolute atomic E-state index is 0. The first-order chi connectivity index (χ1) is 10.9. The van der Waals surface area contributed by atoms with E-state index in [1.807, 2.05) is 12.1 Å². The topological polar surface area (TPSA) is 0 Å². The summed E-state index contributed by atoms with van der Waals surface area (Å²) in [6.45, 7) is 0. The molecule has 0 bridgehead atoms. The van der Waals surface area contributed by atoms with Crippen LogP contribution in [0.15, 0.2) is 85.0 Å². The van der Waals surface area contributed by atoms with Gasteiger partial charge in [-0.3, -0.25) is 0 Å². The normalized spacial score (nSPS) is 13.3. The molecule has 2 aliphatic carbocycles. The van der Waals surface area contributed by atoms with Crippen LogP contribution in [0, 0.1) is 12.2 Å². The van der Waals surface area contributed by atoms with Crippen LogP contribution in [0.1, 0.15) is 24.0 Å². The molecule has 0 saturated carbocycles. The van der Waals surface area contributed by atoms with Gasteiger partial charge >= 0.3 is 26.2 Å². The van der Waals surface area contributed by atoms with Crippen molar-refractivity contribution in [3.8, 4) is 0 Å². The molecule has 2 aromatic carbocycles. The third-order valence-corrected chi connectivity index (χ3v) is 3.56. The second-order valence-corrected chi connectivity index (χ2v) is 5.13. The van der Waals surface area contributed by atoms with Gasteiger partial charge in [0, 0.05) is 0 Å². The number of hydrogen-bond acceptors (Lipinski definition) is 0. The van der Waals surface area contributed by atoms with E-state index in [4.69, 9.17) is 0 Å². The van der Waals surface area contributed by atoms with Gasteiger partial charge in [-0.1, -0.05) is 49.2 Å². The average molecular weight is 445 g/mol. The van der Waals surface area contributed by atoms with Crippen molar-refractivity contribution in [3.63, 3.8) is 0 Å². The first-order valence-electron chi connectivity index (χ1n) is 7.59. The molecule has 0 heterocycles. The fraction of sp³-hybridized carbons (Fsp3) is 0.0909. The Hall–Kier alpha value is -1.14. The minimum Gasteiger partial charge on any atom is -1.00 e. The van der Waals surface area contributed by atoms with Crippen LogP contribution in [0.4, 0.5) is 0 Å². The average Bonchev–Trinajstić information content (AvgIpc) is 3.31. The van der Waals surface area contributed by atoms with Crippen LogP contribution in [0.2, 0.25) is 0 Å². The van der Waals surface area contributed by atoms with Crippen LogP contribution in [0.3, 0.4) is 0 Å². The third kappa shape index (κ3) is 7.32. The van der Waals surface area contributed by atoms with E-state index in [0.717, 1.165) is 12.8 Å². The standard InChI is InChI=1S/2C11H9.2ClH.Zr/c2*1-2-6-10(7-3-1)11-8-4-5-9-11;;;/h2*1-4,6-8H,5H2;2*1H;/q2*-1;;;+4/p-2. The molecule has 2 aliphatic rings. The Balaban J connectivity index is 0.000000411. The molecular formula is C22H18Cl2Zr. The molecule has 0 N–H and O–H groups in total. The molecule has 124 valence electrons. The van der Waals surface area contributed by atoms with E-state index < -0.39 is 0 Å². The summed E-state index contributed by atoms with van der Waals surface area (Å²) < 4.78 is 0. The van der Waals surface area contributed by atoms with Crippen molar-refractivity contribution in [3.05, 3.63) is 108 Å². The molecular weight excluding hydrogens is 426 g/mol. The maximum absolute atomic E-state index is 3.28. The maximum Gasteiger partial charge on any atom is 4.00 e. The van der Waals surface area contributed by atoms with Gasteiger partial charge in [-0.2, -0.15) is 35.5 Å². The van der Waals surface area contributed by atoms with Gasteiger partial charge in [0.05, 0.1) is 0 Å². The molecule has 4 rings (SSSR count). The van der Waals surface area contributed by atoms with Crippen LogP contribution in [-0.2, 0) is 26.2 Å². The zero-order chi connectivity index (χ0) is 15.0. The smallest absolute Gasteiger partial charge is 1.00 e. The van der Waals surface area contributed by atoms with E-state index in [1.165, 1.54) is 22.3 Å². The van der Waals surface area contributed by atoms with Crippen LogP contribution < -0.4 is 24.8 Å². The van der Waals surface area contributed by atoms with E-state index in [9.17, 15) is 0 Å². The molecule has 25 heavy (non-hydrogen) atoms. The third-order valence-electron chi connectivity index (χ3n) is 3.56. The molecule has 0 aromatic heterocycles. The van der Waals surface area contributed by atoms with Gasteiger partial charge in [0.15, 0.2) is 0 Å². The Morgan fingerprint density at radius 2 is 0.920 bits per heavy atom. The molecule has 0 saturated heterocycles. The zero-order valence-corrected chi connectivity index (χ0v) is 17.7. The Labute approximate surface area is 182 Å². The summed E-state index contributed by atoms with van der Waals surface area (Å²) in [5.41, 5.74) is 4.98. The predicted octanol–water partition coefficient (Wildman–Crippen LogP) is -0.328. The van der Waals surface area contributed by atoms with E-state index in [-0.39, 0.29) is 51.0 Å². The molecule has 0 radical (unpaired) electrons. The number of allylic oxidation sites excluding steroid dienone is 8. The molecule has 0 nitrogen and oxygen atoms in total. The van der Waals surface area contributed by atoms with Crippen molar-refractivity contribution < 1.29 is 51.0 Å². The maximum atomic E-state index is 3.28. The first kappa shape index (κ1) is 23.9. The quantitative estimate of drug-likeness (QED) is 0.557. The summed E-state index contributed by atoms with van der Waals surface area (Å²) in [4.78, 5) is 0. The fourth-order valence-electron chi connectivity index (χ4n) is 2.44. The van der Waals surface area contributed by atoms with Gasteiger partial charge in [0.2, 0.25) is 0 Å². The summed E-state index contributed by atoms with van der Waals surface area (Å²) in [7, 11) is 0. The van der Waals surface area contributed by atoms with Gasteiger partial charge in [-0.15, -0.1) is 47.5 Å². The van der Waals surface area contributed by atoms with Crippen molar-refractivity contribution in [2.45, 2.75) is 12.8 Å². The van der Waals surface area contributed by atoms with Gasteiger partial charge < -0.3 is 24.8 Å². The summed E-state index contributed by atoms with van der Waals surface area (Å²) in [5, 5.41) is 0. The SMILES string of the molecule is [C-]1=C(c2ccccc2)C=CC1.[C-]1=C(c2ccccc2)C=CC1.[Cl-].[Cl-].[Zr+4]. The number of benzene rings is 2. The fourth-order valence-corrected chi connectivity index (χ4v) is 2.44. The summed E-state index contributed by atoms with van der Waals surface area (Å²) in [6.07, 6.45) is 17.0. The van der Waals surface area contributed by atoms with Gasteiger partial charge in [-0.05, 0) is 0 Å². The zero-order valence-electron chi connectivity index (χ0n) is 13.8. The van der Waals surface area contributed by atoms with Crippen molar-refractivity contribution >= 4 is 11.1 Å².